The van der Waals surface area contributed by atoms with Gasteiger partial charge >= 0.3 is 0 Å². The van der Waals surface area contributed by atoms with Crippen molar-refractivity contribution in [2.24, 2.45) is 0 Å². The van der Waals surface area contributed by atoms with E-state index in [-0.39, 0.29) is 0 Å². The van der Waals surface area contributed by atoms with Crippen molar-refractivity contribution in [3.63, 3.8) is 0 Å². The molecule has 3 rings (SSSR count). The van der Waals surface area contributed by atoms with Crippen LogP contribution in [-0.2, 0) is 19.3 Å². The van der Waals surface area contributed by atoms with Gasteiger partial charge in [0.25, 0.3) is 0 Å². The molecule has 1 unspecified atom stereocenters. The van der Waals surface area contributed by atoms with E-state index in [1.54, 1.807) is 22.0 Å². The van der Waals surface area contributed by atoms with Crippen molar-refractivity contribution in [1.29, 1.82) is 0 Å². The second-order valence-corrected chi connectivity index (χ2v) is 11.3. The van der Waals surface area contributed by atoms with E-state index in [0.717, 1.165) is 0 Å². The summed E-state index contributed by atoms with van der Waals surface area (Å²) < 4.78 is 0. The Kier molecular flexibility index (Phi) is 8.72. The van der Waals surface area contributed by atoms with E-state index in [1.807, 2.05) is 0 Å². The minimum atomic E-state index is -0.597. The highest BCUT2D eigenvalue weighted by Gasteiger charge is 2.25. The van der Waals surface area contributed by atoms with Crippen molar-refractivity contribution in [2.45, 2.75) is 87.0 Å². The van der Waals surface area contributed by atoms with Crippen molar-refractivity contribution in [2.75, 3.05) is 0 Å². The first kappa shape index (κ1) is 24.7. The zero-order valence-corrected chi connectivity index (χ0v) is 22.2. The maximum absolute atomic E-state index is 2.50. The van der Waals surface area contributed by atoms with Crippen LogP contribution < -0.4 is 15.9 Å². The van der Waals surface area contributed by atoms with Crippen LogP contribution in [0.4, 0.5) is 0 Å². The predicted octanol–water partition coefficient (Wildman–Crippen LogP) is 7.54. The van der Waals surface area contributed by atoms with Crippen molar-refractivity contribution in [1.82, 2.24) is 0 Å². The van der Waals surface area contributed by atoms with Crippen molar-refractivity contribution < 1.29 is 0 Å². The van der Waals surface area contributed by atoms with Gasteiger partial charge in [0.15, 0.2) is 0 Å². The van der Waals surface area contributed by atoms with Crippen LogP contribution in [-0.4, -0.2) is 0 Å². The molecule has 3 aromatic carbocycles. The van der Waals surface area contributed by atoms with E-state index in [2.05, 4.69) is 97.0 Å². The van der Waals surface area contributed by atoms with Gasteiger partial charge in [0, 0.05) is 0 Å². The lowest BCUT2D eigenvalue weighted by atomic mass is 9.92. The molecule has 0 aliphatic rings. The highest BCUT2D eigenvalue weighted by atomic mass is 31.1. The van der Waals surface area contributed by atoms with Crippen molar-refractivity contribution in [3.8, 4) is 0 Å². The summed E-state index contributed by atoms with van der Waals surface area (Å²) in [6.07, 6.45) is 7.18. The van der Waals surface area contributed by atoms with Gasteiger partial charge in [0.1, 0.15) is 0 Å². The Morgan fingerprint density at radius 3 is 1.81 bits per heavy atom. The monoisotopic (exact) mass is 444 g/mol. The van der Waals surface area contributed by atoms with E-state index < -0.39 is 7.92 Å². The van der Waals surface area contributed by atoms with E-state index in [0.29, 0.717) is 0 Å². The topological polar surface area (TPSA) is 0 Å². The number of benzene rings is 3. The number of hydrogen-bond donors (Lipinski definition) is 0. The number of hydrogen-bond acceptors (Lipinski definition) is 0. The third-order valence-corrected chi connectivity index (χ3v) is 9.74. The third kappa shape index (κ3) is 5.02. The third-order valence-electron chi connectivity index (χ3n) is 6.89. The fourth-order valence-corrected chi connectivity index (χ4v) is 7.83. The minimum absolute atomic E-state index is 0.597. The zero-order chi connectivity index (χ0) is 23.3. The molecule has 0 aliphatic carbocycles. The standard InChI is InChI=1S/C31H41P/c1-8-13-26-19-21-31(28(15-10-3)27(26)14-9-2)32(29-17-12-11-16-23(29)5)30-20-18-22(4)24(6)25(30)7/h11-12,16-21H,8-10,13-15H2,1-7H3. The molecule has 0 nitrogen and oxygen atoms in total. The quantitative estimate of drug-likeness (QED) is 0.299. The van der Waals surface area contributed by atoms with Crippen LogP contribution >= 0.6 is 7.92 Å². The van der Waals surface area contributed by atoms with Crippen LogP contribution in [0.2, 0.25) is 0 Å². The fraction of sp³-hybridized carbons (Fsp3) is 0.419. The first-order valence-electron chi connectivity index (χ1n) is 12.5. The average Bonchev–Trinajstić information content (AvgIpc) is 2.78. The lowest BCUT2D eigenvalue weighted by Gasteiger charge is -2.28. The second kappa shape index (κ2) is 11.3. The van der Waals surface area contributed by atoms with Gasteiger partial charge in [0.2, 0.25) is 0 Å². The zero-order valence-electron chi connectivity index (χ0n) is 21.3. The Labute approximate surface area is 198 Å². The summed E-state index contributed by atoms with van der Waals surface area (Å²) in [7, 11) is -0.597. The minimum Gasteiger partial charge on any atom is -0.0651 e. The summed E-state index contributed by atoms with van der Waals surface area (Å²) in [6, 6.07) is 18.8. The molecule has 0 radical (unpaired) electrons. The molecule has 0 saturated carbocycles. The van der Waals surface area contributed by atoms with Crippen LogP contribution in [0, 0.1) is 27.7 Å². The summed E-state index contributed by atoms with van der Waals surface area (Å²) in [4.78, 5) is 0. The van der Waals surface area contributed by atoms with Gasteiger partial charge in [-0.3, -0.25) is 0 Å². The molecule has 1 atom stereocenters. The highest BCUT2D eigenvalue weighted by molar-refractivity contribution is 7.80. The maximum atomic E-state index is 2.50. The molecule has 170 valence electrons. The lowest BCUT2D eigenvalue weighted by molar-refractivity contribution is 0.829. The molecule has 0 fully saturated rings. The first-order chi connectivity index (χ1) is 15.4. The maximum Gasteiger partial charge on any atom is -0.0116 e. The molecule has 0 aromatic heterocycles. The first-order valence-corrected chi connectivity index (χ1v) is 13.8. The van der Waals surface area contributed by atoms with E-state index >= 15 is 0 Å². The average molecular weight is 445 g/mol. The van der Waals surface area contributed by atoms with Gasteiger partial charge in [0.05, 0.1) is 0 Å². The largest absolute Gasteiger partial charge is 0.0651 e. The van der Waals surface area contributed by atoms with Gasteiger partial charge in [-0.2, -0.15) is 0 Å². The Morgan fingerprint density at radius 1 is 0.531 bits per heavy atom. The van der Waals surface area contributed by atoms with Gasteiger partial charge in [-0.1, -0.05) is 88.6 Å². The molecule has 0 heterocycles. The molecule has 0 saturated heterocycles. The van der Waals surface area contributed by atoms with Crippen molar-refractivity contribution in [3.05, 3.63) is 87.5 Å². The summed E-state index contributed by atoms with van der Waals surface area (Å²) in [6.45, 7) is 16.1. The Hall–Kier alpha value is -1.91. The fourth-order valence-electron chi connectivity index (χ4n) is 4.92. The molecule has 0 bridgehead atoms. The molecular formula is C31H41P. The van der Waals surface area contributed by atoms with Crippen LogP contribution in [0.25, 0.3) is 0 Å². The van der Waals surface area contributed by atoms with Crippen LogP contribution in [0.15, 0.2) is 48.5 Å². The van der Waals surface area contributed by atoms with E-state index in [9.17, 15) is 0 Å². The molecule has 1 heteroatoms. The summed E-state index contributed by atoms with van der Waals surface area (Å²) in [5.41, 5.74) is 10.6. The SMILES string of the molecule is CCCc1ccc(P(c2ccccc2C)c2ccc(C)c(C)c2C)c(CCC)c1CCC. The normalized spacial score (nSPS) is 12.2. The Balaban J connectivity index is 2.36. The molecule has 0 spiro atoms. The van der Waals surface area contributed by atoms with Gasteiger partial charge in [-0.25, -0.2) is 0 Å². The highest BCUT2D eigenvalue weighted by Crippen LogP contribution is 2.39. The van der Waals surface area contributed by atoms with Crippen LogP contribution in [0.3, 0.4) is 0 Å². The number of rotatable bonds is 9. The smallest absolute Gasteiger partial charge is 0.0116 e. The molecule has 0 amide bonds. The van der Waals surface area contributed by atoms with E-state index in [1.165, 1.54) is 71.4 Å². The lowest BCUT2D eigenvalue weighted by Crippen LogP contribution is -2.28. The van der Waals surface area contributed by atoms with Crippen molar-refractivity contribution >= 4 is 23.8 Å². The van der Waals surface area contributed by atoms with Gasteiger partial charge in [-0.05, 0) is 110 Å². The molecule has 32 heavy (non-hydrogen) atoms. The van der Waals surface area contributed by atoms with Gasteiger partial charge in [-0.15, -0.1) is 0 Å². The summed E-state index contributed by atoms with van der Waals surface area (Å²) >= 11 is 0. The summed E-state index contributed by atoms with van der Waals surface area (Å²) in [5.74, 6) is 0. The predicted molar refractivity (Wildman–Crippen MR) is 146 cm³/mol. The van der Waals surface area contributed by atoms with Crippen LogP contribution in [0.5, 0.6) is 0 Å². The summed E-state index contributed by atoms with van der Waals surface area (Å²) in [5, 5.41) is 4.63. The van der Waals surface area contributed by atoms with Crippen LogP contribution in [0.1, 0.15) is 79.0 Å². The molecular weight excluding hydrogens is 403 g/mol. The Bertz CT molecular complexity index is 1060. The second-order valence-electron chi connectivity index (χ2n) is 9.22. The molecule has 0 N–H and O–H groups in total. The number of aryl methyl sites for hydroxylation is 3. The molecule has 0 aliphatic heterocycles. The molecule has 3 aromatic rings. The Morgan fingerprint density at radius 2 is 1.16 bits per heavy atom. The van der Waals surface area contributed by atoms with E-state index in [4.69, 9.17) is 0 Å². The van der Waals surface area contributed by atoms with Gasteiger partial charge < -0.3 is 0 Å².